The third-order valence-electron chi connectivity index (χ3n) is 3.94. The van der Waals surface area contributed by atoms with Crippen molar-refractivity contribution in [1.82, 2.24) is 0 Å². The number of methoxy groups -OCH3 is 2. The second-order valence-electron chi connectivity index (χ2n) is 5.28. The second-order valence-corrected chi connectivity index (χ2v) is 5.28. The van der Waals surface area contributed by atoms with Crippen LogP contribution in [0, 0.1) is 5.92 Å². The van der Waals surface area contributed by atoms with Gasteiger partial charge in [0.25, 0.3) is 0 Å². The molecule has 0 saturated heterocycles. The number of benzene rings is 1. The van der Waals surface area contributed by atoms with Crippen LogP contribution in [0.3, 0.4) is 0 Å². The summed E-state index contributed by atoms with van der Waals surface area (Å²) in [6, 6.07) is 7.59. The highest BCUT2D eigenvalue weighted by molar-refractivity contribution is 5.89. The van der Waals surface area contributed by atoms with Gasteiger partial charge in [0.05, 0.1) is 25.7 Å². The van der Waals surface area contributed by atoms with E-state index in [1.165, 1.54) is 14.2 Å². The maximum atomic E-state index is 11.5. The van der Waals surface area contributed by atoms with E-state index in [1.807, 2.05) is 12.1 Å². The van der Waals surface area contributed by atoms with Crippen molar-refractivity contribution in [1.29, 1.82) is 0 Å². The molecule has 5 heteroatoms. The molecule has 1 aliphatic carbocycles. The van der Waals surface area contributed by atoms with Gasteiger partial charge in [-0.05, 0) is 49.9 Å². The second kappa shape index (κ2) is 7.11. The summed E-state index contributed by atoms with van der Waals surface area (Å²) < 4.78 is 9.45. The molecule has 1 aliphatic rings. The molecule has 0 atom stereocenters. The normalized spacial score (nSPS) is 21.4. The smallest absolute Gasteiger partial charge is 0.337 e. The minimum Gasteiger partial charge on any atom is -0.469 e. The van der Waals surface area contributed by atoms with Gasteiger partial charge in [-0.15, -0.1) is 0 Å². The Bertz CT molecular complexity index is 490. The van der Waals surface area contributed by atoms with Crippen LogP contribution >= 0.6 is 0 Å². The molecule has 2 rings (SSSR count). The van der Waals surface area contributed by atoms with Gasteiger partial charge in [0.2, 0.25) is 0 Å². The highest BCUT2D eigenvalue weighted by atomic mass is 16.5. The maximum absolute atomic E-state index is 11.5. The van der Waals surface area contributed by atoms with E-state index >= 15 is 0 Å². The molecule has 1 N–H and O–H groups in total. The predicted octanol–water partition coefficient (Wildman–Crippen LogP) is 2.62. The first-order valence-corrected chi connectivity index (χ1v) is 7.16. The number of ether oxygens (including phenoxy) is 2. The van der Waals surface area contributed by atoms with Crippen LogP contribution in [0.25, 0.3) is 0 Å². The molecule has 1 aromatic carbocycles. The lowest BCUT2D eigenvalue weighted by molar-refractivity contribution is -0.146. The standard InChI is InChI=1S/C16H21NO4/c1-20-15(18)11-3-7-13(8-4-11)17-14-9-5-12(6-10-14)16(19)21-2/h3-4,7-8,12,14,17H,5-6,9-10H2,1-2H3. The van der Waals surface area contributed by atoms with Crippen LogP contribution in [0.4, 0.5) is 5.69 Å². The fraction of sp³-hybridized carbons (Fsp3) is 0.500. The average Bonchev–Trinajstić information content (AvgIpc) is 2.55. The molecule has 21 heavy (non-hydrogen) atoms. The first-order chi connectivity index (χ1) is 10.1. The third-order valence-corrected chi connectivity index (χ3v) is 3.94. The molecule has 1 aromatic rings. The lowest BCUT2D eigenvalue weighted by atomic mass is 9.86. The number of carbonyl (C=O) groups excluding carboxylic acids is 2. The molecule has 0 radical (unpaired) electrons. The van der Waals surface area contributed by atoms with Gasteiger partial charge in [0, 0.05) is 11.7 Å². The van der Waals surface area contributed by atoms with Crippen molar-refractivity contribution >= 4 is 17.6 Å². The Balaban J connectivity index is 1.86. The van der Waals surface area contributed by atoms with E-state index in [0.29, 0.717) is 11.6 Å². The van der Waals surface area contributed by atoms with Gasteiger partial charge in [-0.2, -0.15) is 0 Å². The van der Waals surface area contributed by atoms with Crippen molar-refractivity contribution in [3.05, 3.63) is 29.8 Å². The number of esters is 2. The van der Waals surface area contributed by atoms with Crippen LogP contribution in [0.1, 0.15) is 36.0 Å². The topological polar surface area (TPSA) is 64.6 Å². The van der Waals surface area contributed by atoms with Gasteiger partial charge in [0.15, 0.2) is 0 Å². The van der Waals surface area contributed by atoms with Crippen molar-refractivity contribution < 1.29 is 19.1 Å². The fourth-order valence-electron chi connectivity index (χ4n) is 2.70. The Morgan fingerprint density at radius 3 is 2.14 bits per heavy atom. The lowest BCUT2D eigenvalue weighted by Crippen LogP contribution is -2.29. The Labute approximate surface area is 124 Å². The molecule has 0 spiro atoms. The van der Waals surface area contributed by atoms with E-state index < -0.39 is 0 Å². The van der Waals surface area contributed by atoms with Crippen molar-refractivity contribution in [3.63, 3.8) is 0 Å². The number of rotatable bonds is 4. The van der Waals surface area contributed by atoms with Crippen LogP contribution in [-0.2, 0) is 14.3 Å². The van der Waals surface area contributed by atoms with Crippen molar-refractivity contribution in [2.75, 3.05) is 19.5 Å². The lowest BCUT2D eigenvalue weighted by Gasteiger charge is -2.28. The number of anilines is 1. The summed E-state index contributed by atoms with van der Waals surface area (Å²) in [5.74, 6) is -0.397. The molecular weight excluding hydrogens is 270 g/mol. The summed E-state index contributed by atoms with van der Waals surface area (Å²) in [5.41, 5.74) is 1.52. The van der Waals surface area contributed by atoms with Gasteiger partial charge < -0.3 is 14.8 Å². The zero-order valence-electron chi connectivity index (χ0n) is 12.4. The molecule has 0 aromatic heterocycles. The highest BCUT2D eigenvalue weighted by Gasteiger charge is 2.26. The van der Waals surface area contributed by atoms with Gasteiger partial charge in [-0.3, -0.25) is 4.79 Å². The van der Waals surface area contributed by atoms with Crippen LogP contribution < -0.4 is 5.32 Å². The van der Waals surface area contributed by atoms with Crippen molar-refractivity contribution in [2.24, 2.45) is 5.92 Å². The summed E-state index contributed by atoms with van der Waals surface area (Å²) in [5, 5.41) is 3.44. The van der Waals surface area contributed by atoms with Gasteiger partial charge in [0.1, 0.15) is 0 Å². The number of hydrogen-bond donors (Lipinski definition) is 1. The van der Waals surface area contributed by atoms with E-state index in [9.17, 15) is 9.59 Å². The molecule has 0 bridgehead atoms. The third kappa shape index (κ3) is 3.97. The molecule has 5 nitrogen and oxygen atoms in total. The van der Waals surface area contributed by atoms with Crippen LogP contribution in [0.2, 0.25) is 0 Å². The molecular formula is C16H21NO4. The highest BCUT2D eigenvalue weighted by Crippen LogP contribution is 2.27. The van der Waals surface area contributed by atoms with Crippen LogP contribution in [0.15, 0.2) is 24.3 Å². The van der Waals surface area contributed by atoms with E-state index in [-0.39, 0.29) is 17.9 Å². The first kappa shape index (κ1) is 15.4. The Hall–Kier alpha value is -2.04. The number of hydrogen-bond acceptors (Lipinski definition) is 5. The summed E-state index contributed by atoms with van der Waals surface area (Å²) in [4.78, 5) is 22.8. The largest absolute Gasteiger partial charge is 0.469 e. The molecule has 114 valence electrons. The van der Waals surface area contributed by atoms with Crippen LogP contribution in [0.5, 0.6) is 0 Å². The quantitative estimate of drug-likeness (QED) is 0.864. The van der Waals surface area contributed by atoms with Gasteiger partial charge in [-0.25, -0.2) is 4.79 Å². The average molecular weight is 291 g/mol. The Morgan fingerprint density at radius 2 is 1.62 bits per heavy atom. The van der Waals surface area contributed by atoms with E-state index in [4.69, 9.17) is 4.74 Å². The monoisotopic (exact) mass is 291 g/mol. The van der Waals surface area contributed by atoms with Crippen molar-refractivity contribution in [3.8, 4) is 0 Å². The summed E-state index contributed by atoms with van der Waals surface area (Å²) in [6.07, 6.45) is 3.59. The first-order valence-electron chi connectivity index (χ1n) is 7.16. The summed E-state index contributed by atoms with van der Waals surface area (Å²) >= 11 is 0. The van der Waals surface area contributed by atoms with E-state index in [1.54, 1.807) is 12.1 Å². The van der Waals surface area contributed by atoms with Crippen molar-refractivity contribution in [2.45, 2.75) is 31.7 Å². The maximum Gasteiger partial charge on any atom is 0.337 e. The molecule has 0 heterocycles. The fourth-order valence-corrected chi connectivity index (χ4v) is 2.70. The number of nitrogens with one attached hydrogen (secondary N) is 1. The van der Waals surface area contributed by atoms with E-state index in [2.05, 4.69) is 10.1 Å². The molecule has 0 aliphatic heterocycles. The zero-order valence-corrected chi connectivity index (χ0v) is 12.4. The van der Waals surface area contributed by atoms with E-state index in [0.717, 1.165) is 31.4 Å². The molecule has 1 saturated carbocycles. The van der Waals surface area contributed by atoms with Gasteiger partial charge >= 0.3 is 11.9 Å². The Morgan fingerprint density at radius 1 is 1.00 bits per heavy atom. The predicted molar refractivity (Wildman–Crippen MR) is 79.2 cm³/mol. The summed E-state index contributed by atoms with van der Waals surface area (Å²) in [7, 11) is 2.81. The SMILES string of the molecule is COC(=O)c1ccc(NC2CCC(C(=O)OC)CC2)cc1. The minimum atomic E-state index is -0.333. The Kier molecular flexibility index (Phi) is 5.20. The minimum absolute atomic E-state index is 0.0368. The van der Waals surface area contributed by atoms with Gasteiger partial charge in [-0.1, -0.05) is 0 Å². The molecule has 0 unspecified atom stereocenters. The molecule has 0 amide bonds. The zero-order chi connectivity index (χ0) is 15.2. The summed E-state index contributed by atoms with van der Waals surface area (Å²) in [6.45, 7) is 0. The molecule has 1 fully saturated rings. The number of carbonyl (C=O) groups is 2. The van der Waals surface area contributed by atoms with Crippen LogP contribution in [-0.4, -0.2) is 32.2 Å².